The van der Waals surface area contributed by atoms with Gasteiger partial charge in [-0.1, -0.05) is 32.0 Å². The number of esters is 2. The summed E-state index contributed by atoms with van der Waals surface area (Å²) in [6.45, 7) is 3.99. The molecule has 0 saturated carbocycles. The Morgan fingerprint density at radius 2 is 2.08 bits per heavy atom. The molecule has 136 valence electrons. The number of amides is 1. The number of hydrogen-bond acceptors (Lipinski definition) is 6. The largest absolute Gasteiger partial charge is 0.417 e. The summed E-state index contributed by atoms with van der Waals surface area (Å²) in [5.74, 6) is -0.372. The topological polar surface area (TPSA) is 72.9 Å². The minimum absolute atomic E-state index is 0.0278. The van der Waals surface area contributed by atoms with Crippen molar-refractivity contribution in [2.24, 2.45) is 5.92 Å². The third-order valence-corrected chi connectivity index (χ3v) is 6.06. The molecule has 1 saturated heterocycles. The second kappa shape index (κ2) is 6.46. The highest BCUT2D eigenvalue weighted by Gasteiger charge is 2.54. The summed E-state index contributed by atoms with van der Waals surface area (Å²) in [5.41, 5.74) is 1.25. The first-order valence-corrected chi connectivity index (χ1v) is 9.75. The maximum Gasteiger partial charge on any atom is 0.359 e. The zero-order chi connectivity index (χ0) is 18.4. The minimum Gasteiger partial charge on any atom is -0.417 e. The number of carbonyl (C=O) groups excluding carboxylic acids is 3. The summed E-state index contributed by atoms with van der Waals surface area (Å²) in [7, 11) is 0. The number of thioether (sulfide) groups is 1. The van der Waals surface area contributed by atoms with Crippen molar-refractivity contribution in [2.45, 2.75) is 39.0 Å². The first-order valence-electron chi connectivity index (χ1n) is 8.76. The van der Waals surface area contributed by atoms with E-state index in [0.29, 0.717) is 23.2 Å². The van der Waals surface area contributed by atoms with E-state index in [1.54, 1.807) is 40.9 Å². The van der Waals surface area contributed by atoms with Crippen LogP contribution in [-0.4, -0.2) is 34.5 Å². The zero-order valence-corrected chi connectivity index (χ0v) is 15.4. The van der Waals surface area contributed by atoms with E-state index in [-0.39, 0.29) is 17.9 Å². The Kier molecular flexibility index (Phi) is 4.26. The van der Waals surface area contributed by atoms with Gasteiger partial charge in [0, 0.05) is 16.9 Å². The van der Waals surface area contributed by atoms with Crippen molar-refractivity contribution in [1.29, 1.82) is 0 Å². The molecule has 1 aromatic rings. The van der Waals surface area contributed by atoms with E-state index in [2.05, 4.69) is 0 Å². The Balaban J connectivity index is 1.58. The molecular weight excluding hydrogens is 354 g/mol. The molecule has 7 heteroatoms. The number of β-lactam (4-membered cyclic amide) rings is 1. The van der Waals surface area contributed by atoms with Crippen molar-refractivity contribution < 1.29 is 23.9 Å². The van der Waals surface area contributed by atoms with Crippen molar-refractivity contribution in [3.05, 3.63) is 46.0 Å². The Morgan fingerprint density at radius 1 is 1.31 bits per heavy atom. The highest BCUT2D eigenvalue weighted by Crippen LogP contribution is 2.47. The number of rotatable bonds is 5. The molecular formula is C19H19NO5S. The Hall–Kier alpha value is -2.28. The summed E-state index contributed by atoms with van der Waals surface area (Å²) in [5, 5.41) is 0. The van der Waals surface area contributed by atoms with Crippen LogP contribution in [0.1, 0.15) is 48.9 Å². The number of nitrogens with zero attached hydrogens (tertiary/aromatic N) is 1. The van der Waals surface area contributed by atoms with Gasteiger partial charge < -0.3 is 14.4 Å². The van der Waals surface area contributed by atoms with Crippen molar-refractivity contribution >= 4 is 29.6 Å². The van der Waals surface area contributed by atoms with Crippen molar-refractivity contribution in [3.63, 3.8) is 0 Å². The van der Waals surface area contributed by atoms with Crippen molar-refractivity contribution in [3.8, 4) is 0 Å². The molecule has 0 spiro atoms. The number of carbonyl (C=O) groups is 3. The standard InChI is InChI=1S/C19H19NO5S/c1-3-10-13-9-14(26-4-2)15(20(13)16(10)21)18(23)25-19-12-8-6-5-7-11(12)17(22)24-19/h5-8,10,13,19H,3-4,9H2,1-2H3. The van der Waals surface area contributed by atoms with Gasteiger partial charge in [-0.05, 0) is 18.2 Å². The van der Waals surface area contributed by atoms with E-state index < -0.39 is 18.2 Å². The van der Waals surface area contributed by atoms with Crippen LogP contribution in [-0.2, 0) is 19.1 Å². The molecule has 3 aliphatic rings. The van der Waals surface area contributed by atoms with Gasteiger partial charge in [0.1, 0.15) is 5.70 Å². The molecule has 1 aromatic carbocycles. The van der Waals surface area contributed by atoms with E-state index in [1.165, 1.54) is 0 Å². The first kappa shape index (κ1) is 17.1. The Bertz CT molecular complexity index is 833. The fourth-order valence-electron chi connectivity index (χ4n) is 3.85. The van der Waals surface area contributed by atoms with E-state index in [0.717, 1.165) is 17.1 Å². The van der Waals surface area contributed by atoms with Crippen LogP contribution in [0.25, 0.3) is 0 Å². The van der Waals surface area contributed by atoms with Crippen LogP contribution in [0.2, 0.25) is 0 Å². The highest BCUT2D eigenvalue weighted by atomic mass is 32.2. The fourth-order valence-corrected chi connectivity index (χ4v) is 4.80. The van der Waals surface area contributed by atoms with Gasteiger partial charge in [0.25, 0.3) is 6.29 Å². The molecule has 3 aliphatic heterocycles. The predicted octanol–water partition coefficient (Wildman–Crippen LogP) is 3.00. The second-order valence-electron chi connectivity index (χ2n) is 6.43. The second-order valence-corrected chi connectivity index (χ2v) is 7.79. The van der Waals surface area contributed by atoms with Crippen LogP contribution in [0, 0.1) is 5.92 Å². The average molecular weight is 373 g/mol. The molecule has 3 atom stereocenters. The van der Waals surface area contributed by atoms with Gasteiger partial charge in [-0.15, -0.1) is 11.8 Å². The van der Waals surface area contributed by atoms with Crippen LogP contribution in [0.4, 0.5) is 0 Å². The third-order valence-electron chi connectivity index (χ3n) is 5.06. The Morgan fingerprint density at radius 3 is 2.81 bits per heavy atom. The van der Waals surface area contributed by atoms with E-state index in [1.807, 2.05) is 13.8 Å². The minimum atomic E-state index is -1.07. The molecule has 0 N–H and O–H groups in total. The number of ether oxygens (including phenoxy) is 2. The van der Waals surface area contributed by atoms with Gasteiger partial charge in [0.05, 0.1) is 17.5 Å². The molecule has 1 amide bonds. The molecule has 3 heterocycles. The van der Waals surface area contributed by atoms with Crippen LogP contribution in [0.3, 0.4) is 0 Å². The molecule has 1 fully saturated rings. The lowest BCUT2D eigenvalue weighted by Crippen LogP contribution is -2.58. The summed E-state index contributed by atoms with van der Waals surface area (Å²) in [6, 6.07) is 6.87. The molecule has 26 heavy (non-hydrogen) atoms. The summed E-state index contributed by atoms with van der Waals surface area (Å²) in [6.07, 6.45) is 0.387. The molecule has 0 radical (unpaired) electrons. The zero-order valence-electron chi connectivity index (χ0n) is 14.6. The molecule has 4 rings (SSSR count). The number of cyclic esters (lactones) is 1. The number of hydrogen-bond donors (Lipinski definition) is 0. The molecule has 6 nitrogen and oxygen atoms in total. The van der Waals surface area contributed by atoms with Crippen LogP contribution in [0.5, 0.6) is 0 Å². The van der Waals surface area contributed by atoms with E-state index >= 15 is 0 Å². The SMILES string of the molecule is CCSC1=C(C(=O)OC2OC(=O)c3ccccc32)N2C(=O)C(CC)C2C1. The highest BCUT2D eigenvalue weighted by molar-refractivity contribution is 8.03. The molecule has 3 unspecified atom stereocenters. The van der Waals surface area contributed by atoms with E-state index in [9.17, 15) is 14.4 Å². The smallest absolute Gasteiger partial charge is 0.359 e. The van der Waals surface area contributed by atoms with Gasteiger partial charge in [-0.25, -0.2) is 9.59 Å². The monoisotopic (exact) mass is 373 g/mol. The third kappa shape index (κ3) is 2.45. The van der Waals surface area contributed by atoms with Crippen LogP contribution >= 0.6 is 11.8 Å². The Labute approximate surface area is 155 Å². The average Bonchev–Trinajstić information content (AvgIpc) is 3.12. The van der Waals surface area contributed by atoms with Crippen LogP contribution < -0.4 is 0 Å². The van der Waals surface area contributed by atoms with Gasteiger partial charge in [-0.2, -0.15) is 0 Å². The normalized spacial score (nSPS) is 26.4. The van der Waals surface area contributed by atoms with Crippen LogP contribution in [0.15, 0.2) is 34.9 Å². The molecule has 0 aliphatic carbocycles. The maximum atomic E-state index is 12.9. The van der Waals surface area contributed by atoms with Crippen molar-refractivity contribution in [1.82, 2.24) is 4.90 Å². The predicted molar refractivity (Wildman–Crippen MR) is 94.9 cm³/mol. The maximum absolute atomic E-state index is 12.9. The van der Waals surface area contributed by atoms with Gasteiger partial charge in [0.15, 0.2) is 0 Å². The van der Waals surface area contributed by atoms with Crippen molar-refractivity contribution in [2.75, 3.05) is 5.75 Å². The number of fused-ring (bicyclic) bond motifs is 2. The summed E-state index contributed by atoms with van der Waals surface area (Å²) < 4.78 is 10.7. The molecule has 0 aromatic heterocycles. The van der Waals surface area contributed by atoms with Gasteiger partial charge in [0.2, 0.25) is 5.91 Å². The van der Waals surface area contributed by atoms with Gasteiger partial charge in [-0.3, -0.25) is 4.79 Å². The number of benzene rings is 1. The summed E-state index contributed by atoms with van der Waals surface area (Å²) in [4.78, 5) is 39.6. The fraction of sp³-hybridized carbons (Fsp3) is 0.421. The summed E-state index contributed by atoms with van der Waals surface area (Å²) >= 11 is 1.56. The first-order chi connectivity index (χ1) is 12.6. The quantitative estimate of drug-likeness (QED) is 0.584. The lowest BCUT2D eigenvalue weighted by atomic mass is 9.85. The lowest BCUT2D eigenvalue weighted by Gasteiger charge is -2.43. The van der Waals surface area contributed by atoms with E-state index in [4.69, 9.17) is 9.47 Å². The molecule has 0 bridgehead atoms. The lowest BCUT2D eigenvalue weighted by molar-refractivity contribution is -0.170. The van der Waals surface area contributed by atoms with Gasteiger partial charge >= 0.3 is 11.9 Å².